The van der Waals surface area contributed by atoms with Crippen LogP contribution in [0.4, 0.5) is 0 Å². The lowest BCUT2D eigenvalue weighted by atomic mass is 10.2. The predicted molar refractivity (Wildman–Crippen MR) is 81.9 cm³/mol. The summed E-state index contributed by atoms with van der Waals surface area (Å²) in [6.07, 6.45) is 2.03. The molecule has 0 radical (unpaired) electrons. The third-order valence-corrected chi connectivity index (χ3v) is 3.88. The minimum atomic E-state index is -0.309. The second kappa shape index (κ2) is 5.81. The van der Waals surface area contributed by atoms with Crippen LogP contribution in [0.5, 0.6) is 0 Å². The maximum Gasteiger partial charge on any atom is 0.274 e. The molecule has 1 heterocycles. The number of carbonyl (C=O) groups excluding carboxylic acids is 1. The van der Waals surface area contributed by atoms with Crippen LogP contribution in [0.15, 0.2) is 45.7 Å². The molecule has 108 valence electrons. The highest BCUT2D eigenvalue weighted by Crippen LogP contribution is 2.29. The molecule has 1 N–H and O–H groups in total. The van der Waals surface area contributed by atoms with Crippen LogP contribution in [0.2, 0.25) is 0 Å². The van der Waals surface area contributed by atoms with Gasteiger partial charge in [-0.05, 0) is 36.6 Å². The van der Waals surface area contributed by atoms with Crippen molar-refractivity contribution in [3.05, 3.63) is 62.5 Å². The van der Waals surface area contributed by atoms with Crippen LogP contribution in [-0.2, 0) is 6.54 Å². The van der Waals surface area contributed by atoms with E-state index in [2.05, 4.69) is 26.1 Å². The lowest BCUT2D eigenvalue weighted by Crippen LogP contribution is -2.33. The van der Waals surface area contributed by atoms with Gasteiger partial charge in [0, 0.05) is 23.1 Å². The quantitative estimate of drug-likeness (QED) is 0.922. The van der Waals surface area contributed by atoms with E-state index < -0.39 is 0 Å². The molecule has 0 spiro atoms. The van der Waals surface area contributed by atoms with Gasteiger partial charge in [0.25, 0.3) is 11.5 Å². The van der Waals surface area contributed by atoms with Crippen molar-refractivity contribution in [3.63, 3.8) is 0 Å². The van der Waals surface area contributed by atoms with Crippen LogP contribution >= 0.6 is 15.9 Å². The van der Waals surface area contributed by atoms with Crippen molar-refractivity contribution in [2.24, 2.45) is 0 Å². The molecule has 0 unspecified atom stereocenters. The third-order valence-electron chi connectivity index (χ3n) is 3.39. The molecule has 3 rings (SSSR count). The maximum absolute atomic E-state index is 12.6. The number of carbonyl (C=O) groups is 1. The van der Waals surface area contributed by atoms with Gasteiger partial charge in [0.05, 0.1) is 0 Å². The summed E-state index contributed by atoms with van der Waals surface area (Å²) in [4.78, 5) is 25.4. The highest BCUT2D eigenvalue weighted by Gasteiger charge is 2.33. The Morgan fingerprint density at radius 3 is 2.76 bits per heavy atom. The van der Waals surface area contributed by atoms with E-state index >= 15 is 0 Å². The summed E-state index contributed by atoms with van der Waals surface area (Å²) in [6, 6.07) is 11.0. The molecule has 1 amide bonds. The first-order chi connectivity index (χ1) is 10.1. The molecule has 0 bridgehead atoms. The van der Waals surface area contributed by atoms with Crippen LogP contribution in [0.3, 0.4) is 0 Å². The third kappa shape index (κ3) is 3.39. The van der Waals surface area contributed by atoms with E-state index in [0.717, 1.165) is 22.9 Å². The molecule has 1 aromatic carbocycles. The van der Waals surface area contributed by atoms with Gasteiger partial charge >= 0.3 is 0 Å². The fourth-order valence-electron chi connectivity index (χ4n) is 2.20. The Morgan fingerprint density at radius 1 is 1.33 bits per heavy atom. The van der Waals surface area contributed by atoms with Crippen molar-refractivity contribution in [1.29, 1.82) is 0 Å². The molecule has 1 aliphatic rings. The van der Waals surface area contributed by atoms with Crippen molar-refractivity contribution in [2.75, 3.05) is 0 Å². The summed E-state index contributed by atoms with van der Waals surface area (Å²) in [6.45, 7) is 0.545. The van der Waals surface area contributed by atoms with E-state index in [0.29, 0.717) is 6.54 Å². The number of aromatic amines is 1. The van der Waals surface area contributed by atoms with Gasteiger partial charge in [0.15, 0.2) is 0 Å². The summed E-state index contributed by atoms with van der Waals surface area (Å²) in [5.41, 5.74) is 1.03. The number of hydrogen-bond donors (Lipinski definition) is 1. The number of rotatable bonds is 4. The molecule has 1 aromatic heterocycles. The van der Waals surface area contributed by atoms with Crippen molar-refractivity contribution in [2.45, 2.75) is 25.4 Å². The van der Waals surface area contributed by atoms with Gasteiger partial charge in [-0.15, -0.1) is 0 Å². The van der Waals surface area contributed by atoms with E-state index in [1.165, 1.54) is 12.1 Å². The number of amides is 1. The Balaban J connectivity index is 1.83. The summed E-state index contributed by atoms with van der Waals surface area (Å²) in [5.74, 6) is -0.145. The second-order valence-corrected chi connectivity index (χ2v) is 6.02. The predicted octanol–water partition coefficient (Wildman–Crippen LogP) is 2.34. The highest BCUT2D eigenvalue weighted by atomic mass is 79.9. The van der Waals surface area contributed by atoms with Crippen molar-refractivity contribution < 1.29 is 4.79 Å². The van der Waals surface area contributed by atoms with Gasteiger partial charge in [-0.1, -0.05) is 28.1 Å². The number of halogens is 1. The molecule has 0 saturated heterocycles. The van der Waals surface area contributed by atoms with Gasteiger partial charge < -0.3 is 4.90 Å². The van der Waals surface area contributed by atoms with Crippen molar-refractivity contribution >= 4 is 21.8 Å². The molecule has 5 nitrogen and oxygen atoms in total. The number of benzene rings is 1. The lowest BCUT2D eigenvalue weighted by Gasteiger charge is -2.22. The van der Waals surface area contributed by atoms with Crippen molar-refractivity contribution in [1.82, 2.24) is 15.1 Å². The molecule has 1 saturated carbocycles. The minimum Gasteiger partial charge on any atom is -0.330 e. The molecule has 21 heavy (non-hydrogen) atoms. The van der Waals surface area contributed by atoms with E-state index in [1.54, 1.807) is 0 Å². The van der Waals surface area contributed by atoms with Crippen LogP contribution in [0.1, 0.15) is 28.9 Å². The van der Waals surface area contributed by atoms with Crippen LogP contribution in [0, 0.1) is 0 Å². The Hall–Kier alpha value is -1.95. The molecule has 1 aliphatic carbocycles. The minimum absolute atomic E-state index is 0.145. The van der Waals surface area contributed by atoms with Gasteiger partial charge in [-0.25, -0.2) is 5.10 Å². The Labute approximate surface area is 130 Å². The molecule has 2 aromatic rings. The molecule has 0 aliphatic heterocycles. The average molecular weight is 348 g/mol. The van der Waals surface area contributed by atoms with Crippen molar-refractivity contribution in [3.8, 4) is 0 Å². The fraction of sp³-hybridized carbons (Fsp3) is 0.267. The summed E-state index contributed by atoms with van der Waals surface area (Å²) in [7, 11) is 0. The van der Waals surface area contributed by atoms with E-state index in [1.807, 2.05) is 29.2 Å². The summed E-state index contributed by atoms with van der Waals surface area (Å²) in [5, 5.41) is 6.14. The first-order valence-corrected chi connectivity index (χ1v) is 7.54. The average Bonchev–Trinajstić information content (AvgIpc) is 3.29. The number of nitrogens with one attached hydrogen (secondary N) is 1. The molecule has 6 heteroatoms. The molecule has 1 fully saturated rings. The zero-order valence-electron chi connectivity index (χ0n) is 11.3. The number of nitrogens with zero attached hydrogens (tertiary/aromatic N) is 2. The second-order valence-electron chi connectivity index (χ2n) is 5.10. The van der Waals surface area contributed by atoms with Gasteiger partial charge in [0.1, 0.15) is 5.69 Å². The summed E-state index contributed by atoms with van der Waals surface area (Å²) < 4.78 is 0.991. The smallest absolute Gasteiger partial charge is 0.274 e. The highest BCUT2D eigenvalue weighted by molar-refractivity contribution is 9.10. The number of H-pyrrole nitrogens is 1. The van der Waals surface area contributed by atoms with Crippen LogP contribution in [0.25, 0.3) is 0 Å². The zero-order valence-corrected chi connectivity index (χ0v) is 12.8. The van der Waals surface area contributed by atoms with Gasteiger partial charge in [-0.3, -0.25) is 9.59 Å². The monoisotopic (exact) mass is 347 g/mol. The zero-order chi connectivity index (χ0) is 14.8. The van der Waals surface area contributed by atoms with Gasteiger partial charge in [0.2, 0.25) is 0 Å². The van der Waals surface area contributed by atoms with Crippen LogP contribution < -0.4 is 5.56 Å². The molecule has 0 atom stereocenters. The van der Waals surface area contributed by atoms with E-state index in [4.69, 9.17) is 0 Å². The van der Waals surface area contributed by atoms with E-state index in [9.17, 15) is 9.59 Å². The largest absolute Gasteiger partial charge is 0.330 e. The van der Waals surface area contributed by atoms with Gasteiger partial charge in [-0.2, -0.15) is 5.10 Å². The number of aromatic nitrogens is 2. The topological polar surface area (TPSA) is 66.1 Å². The molecular weight excluding hydrogens is 334 g/mol. The number of hydrogen-bond acceptors (Lipinski definition) is 3. The van der Waals surface area contributed by atoms with Crippen LogP contribution in [-0.4, -0.2) is 27.0 Å². The standard InChI is InChI=1S/C15H14BrN3O2/c16-11-3-1-2-10(8-11)9-19(12-4-5-12)15(21)13-6-7-14(20)18-17-13/h1-3,6-8,12H,4-5,9H2,(H,18,20). The molecular formula is C15H14BrN3O2. The first-order valence-electron chi connectivity index (χ1n) is 6.74. The Morgan fingerprint density at radius 2 is 2.14 bits per heavy atom. The maximum atomic E-state index is 12.6. The lowest BCUT2D eigenvalue weighted by molar-refractivity contribution is 0.0722. The summed E-state index contributed by atoms with van der Waals surface area (Å²) >= 11 is 3.44. The fourth-order valence-corrected chi connectivity index (χ4v) is 2.64. The normalized spacial score (nSPS) is 14.0. The SMILES string of the molecule is O=C(c1ccc(=O)[nH]n1)N(Cc1cccc(Br)c1)C1CC1. The first kappa shape index (κ1) is 14.0. The van der Waals surface area contributed by atoms with E-state index in [-0.39, 0.29) is 23.2 Å². The Kier molecular flexibility index (Phi) is 3.88. The Bertz CT molecular complexity index is 704.